The van der Waals surface area contributed by atoms with Crippen molar-refractivity contribution in [2.75, 3.05) is 5.43 Å². The van der Waals surface area contributed by atoms with Crippen LogP contribution in [0.4, 0.5) is 18.9 Å². The minimum absolute atomic E-state index is 0.134. The number of hydrazine groups is 1. The Bertz CT molecular complexity index is 997. The molecular weight excluding hydrogens is 428 g/mol. The summed E-state index contributed by atoms with van der Waals surface area (Å²) in [5, 5.41) is 0.565. The van der Waals surface area contributed by atoms with Crippen LogP contribution in [0.5, 0.6) is 0 Å². The molecule has 27 heavy (non-hydrogen) atoms. The van der Waals surface area contributed by atoms with Gasteiger partial charge in [-0.05, 0) is 24.3 Å². The molecule has 0 aliphatic heterocycles. The number of benzene rings is 2. The van der Waals surface area contributed by atoms with Crippen molar-refractivity contribution in [2.24, 2.45) is 0 Å². The fraction of sp³-hybridized carbons (Fsp3) is 0.125. The molecule has 0 saturated heterocycles. The Labute approximate surface area is 166 Å². The molecule has 1 heterocycles. The van der Waals surface area contributed by atoms with Crippen LogP contribution in [0.2, 0.25) is 15.1 Å². The third-order valence-corrected chi connectivity index (χ3v) is 4.36. The van der Waals surface area contributed by atoms with E-state index in [0.29, 0.717) is 5.02 Å². The fourth-order valence-corrected chi connectivity index (χ4v) is 3.34. The Hall–Kier alpha value is -2.16. The molecule has 0 fully saturated rings. The van der Waals surface area contributed by atoms with Crippen LogP contribution in [-0.2, 0) is 17.5 Å². The molecule has 2 aromatic carbocycles. The summed E-state index contributed by atoms with van der Waals surface area (Å²) in [5.74, 6) is -1.92. The van der Waals surface area contributed by atoms with Gasteiger partial charge in [-0.2, -0.15) is 13.2 Å². The summed E-state index contributed by atoms with van der Waals surface area (Å²) in [6, 6.07) is 8.80. The number of hydrogen-bond acceptors (Lipinski definition) is 3. The zero-order valence-electron chi connectivity index (χ0n) is 13.2. The van der Waals surface area contributed by atoms with Gasteiger partial charge >= 0.3 is 6.18 Å². The largest absolute Gasteiger partial charge is 0.449 e. The Morgan fingerprint density at radius 3 is 2.37 bits per heavy atom. The maximum atomic E-state index is 13.3. The highest BCUT2D eigenvalue weighted by molar-refractivity contribution is 6.41. The van der Waals surface area contributed by atoms with Crippen molar-refractivity contribution in [3.63, 3.8) is 0 Å². The average molecular weight is 438 g/mol. The van der Waals surface area contributed by atoms with Gasteiger partial charge in [0.2, 0.25) is 5.82 Å². The number of anilines is 1. The van der Waals surface area contributed by atoms with Crippen molar-refractivity contribution >= 4 is 57.4 Å². The number of para-hydroxylation sites is 2. The highest BCUT2D eigenvalue weighted by Crippen LogP contribution is 2.33. The van der Waals surface area contributed by atoms with E-state index in [1.54, 1.807) is 12.1 Å². The van der Waals surface area contributed by atoms with Crippen LogP contribution in [0, 0.1) is 0 Å². The highest BCUT2D eigenvalue weighted by atomic mass is 35.5. The van der Waals surface area contributed by atoms with Crippen molar-refractivity contribution in [3.8, 4) is 0 Å². The van der Waals surface area contributed by atoms with Crippen LogP contribution >= 0.6 is 34.8 Å². The molecule has 1 amide bonds. The minimum Gasteiger partial charge on any atom is -0.311 e. The first kappa shape index (κ1) is 19.6. The Morgan fingerprint density at radius 1 is 1.11 bits per heavy atom. The number of amides is 1. The topological polar surface area (TPSA) is 59.0 Å². The Balaban J connectivity index is 1.83. The Kier molecular flexibility index (Phi) is 5.41. The maximum Gasteiger partial charge on any atom is 0.449 e. The molecule has 0 unspecified atom stereocenters. The summed E-state index contributed by atoms with van der Waals surface area (Å²) in [6.07, 6.45) is -4.71. The molecule has 142 valence electrons. The number of carbonyl (C=O) groups is 1. The molecule has 0 aliphatic rings. The number of rotatable bonds is 4. The number of nitrogens with zero attached hydrogens (tertiary/aromatic N) is 2. The predicted molar refractivity (Wildman–Crippen MR) is 98.0 cm³/mol. The van der Waals surface area contributed by atoms with Crippen molar-refractivity contribution in [2.45, 2.75) is 12.7 Å². The van der Waals surface area contributed by atoms with Crippen LogP contribution in [-0.4, -0.2) is 15.5 Å². The van der Waals surface area contributed by atoms with Gasteiger partial charge in [0.05, 0.1) is 26.8 Å². The predicted octanol–water partition coefficient (Wildman–Crippen LogP) is 5.16. The molecule has 3 aromatic rings. The molecule has 1 aromatic heterocycles. The minimum atomic E-state index is -4.71. The number of nitrogens with one attached hydrogen (secondary N) is 2. The number of fused-ring (bicyclic) bond motifs is 1. The maximum absolute atomic E-state index is 13.3. The molecule has 0 saturated carbocycles. The van der Waals surface area contributed by atoms with E-state index in [-0.39, 0.29) is 26.8 Å². The summed E-state index contributed by atoms with van der Waals surface area (Å²) in [4.78, 5) is 15.8. The second kappa shape index (κ2) is 7.46. The van der Waals surface area contributed by atoms with Crippen LogP contribution in [0.25, 0.3) is 11.0 Å². The lowest BCUT2D eigenvalue weighted by Gasteiger charge is -2.14. The molecular formula is C16H10Cl3F3N4O. The summed E-state index contributed by atoms with van der Waals surface area (Å²) >= 11 is 17.7. The van der Waals surface area contributed by atoms with Gasteiger partial charge in [0, 0.05) is 5.02 Å². The number of alkyl halides is 3. The molecule has 3 rings (SSSR count). The van der Waals surface area contributed by atoms with E-state index in [4.69, 9.17) is 34.8 Å². The normalized spacial score (nSPS) is 11.6. The highest BCUT2D eigenvalue weighted by Gasteiger charge is 2.38. The lowest BCUT2D eigenvalue weighted by Crippen LogP contribution is -2.33. The van der Waals surface area contributed by atoms with Crippen molar-refractivity contribution in [1.82, 2.24) is 15.0 Å². The molecule has 0 aliphatic carbocycles. The second-order valence-electron chi connectivity index (χ2n) is 5.43. The van der Waals surface area contributed by atoms with Crippen molar-refractivity contribution in [3.05, 3.63) is 57.3 Å². The first-order chi connectivity index (χ1) is 12.7. The smallest absolute Gasteiger partial charge is 0.311 e. The van der Waals surface area contributed by atoms with Gasteiger partial charge in [-0.1, -0.05) is 46.9 Å². The molecule has 0 radical (unpaired) electrons. The van der Waals surface area contributed by atoms with Gasteiger partial charge in [0.25, 0.3) is 5.91 Å². The summed E-state index contributed by atoms with van der Waals surface area (Å²) in [7, 11) is 0. The molecule has 0 atom stereocenters. The van der Waals surface area contributed by atoms with E-state index in [9.17, 15) is 18.0 Å². The van der Waals surface area contributed by atoms with Gasteiger partial charge in [0.1, 0.15) is 6.54 Å². The number of hydrogen-bond donors (Lipinski definition) is 2. The van der Waals surface area contributed by atoms with Crippen molar-refractivity contribution < 1.29 is 18.0 Å². The van der Waals surface area contributed by atoms with E-state index in [0.717, 1.165) is 4.57 Å². The zero-order chi connectivity index (χ0) is 19.8. The first-order valence-corrected chi connectivity index (χ1v) is 8.52. The number of carbonyl (C=O) groups excluding carboxylic acids is 1. The Morgan fingerprint density at radius 2 is 1.74 bits per heavy atom. The van der Waals surface area contributed by atoms with Crippen LogP contribution in [0.1, 0.15) is 5.82 Å². The van der Waals surface area contributed by atoms with E-state index in [1.807, 2.05) is 0 Å². The summed E-state index contributed by atoms with van der Waals surface area (Å²) in [6.45, 7) is -0.620. The SMILES string of the molecule is O=C(Cn1c(C(F)(F)F)nc2ccccc21)NNc1c(Cl)cc(Cl)cc1Cl. The van der Waals surface area contributed by atoms with Crippen LogP contribution in [0.3, 0.4) is 0 Å². The van der Waals surface area contributed by atoms with Gasteiger partial charge in [-0.15, -0.1) is 0 Å². The lowest BCUT2D eigenvalue weighted by molar-refractivity contribution is -0.147. The van der Waals surface area contributed by atoms with Gasteiger partial charge in [0.15, 0.2) is 0 Å². The molecule has 2 N–H and O–H groups in total. The first-order valence-electron chi connectivity index (χ1n) is 7.38. The van der Waals surface area contributed by atoms with E-state index < -0.39 is 24.5 Å². The molecule has 5 nitrogen and oxygen atoms in total. The number of halogens is 6. The lowest BCUT2D eigenvalue weighted by atomic mass is 10.3. The van der Waals surface area contributed by atoms with Gasteiger partial charge in [-0.25, -0.2) is 4.98 Å². The van der Waals surface area contributed by atoms with E-state index in [2.05, 4.69) is 15.8 Å². The van der Waals surface area contributed by atoms with Crippen molar-refractivity contribution in [1.29, 1.82) is 0 Å². The zero-order valence-corrected chi connectivity index (χ0v) is 15.5. The number of aromatic nitrogens is 2. The number of imidazole rings is 1. The summed E-state index contributed by atoms with van der Waals surface area (Å²) < 4.78 is 40.5. The van der Waals surface area contributed by atoms with Gasteiger partial charge in [-0.3, -0.25) is 15.6 Å². The van der Waals surface area contributed by atoms with Gasteiger partial charge < -0.3 is 4.57 Å². The molecule has 0 bridgehead atoms. The van der Waals surface area contributed by atoms with E-state index in [1.165, 1.54) is 24.3 Å². The third-order valence-electron chi connectivity index (χ3n) is 3.54. The van der Waals surface area contributed by atoms with Crippen LogP contribution in [0.15, 0.2) is 36.4 Å². The standard InChI is InChI=1S/C16H10Cl3F3N4O/c17-8-5-9(18)14(10(19)6-8)25-24-13(27)7-26-12-4-2-1-3-11(12)23-15(26)16(20,21)22/h1-6,25H,7H2,(H,24,27). The molecule has 0 spiro atoms. The second-order valence-corrected chi connectivity index (χ2v) is 6.68. The van der Waals surface area contributed by atoms with E-state index >= 15 is 0 Å². The molecule has 11 heteroatoms. The monoisotopic (exact) mass is 436 g/mol. The average Bonchev–Trinajstić information content (AvgIpc) is 2.93. The van der Waals surface area contributed by atoms with Crippen LogP contribution < -0.4 is 10.9 Å². The fourth-order valence-electron chi connectivity index (χ4n) is 2.43. The summed E-state index contributed by atoms with van der Waals surface area (Å²) in [5.41, 5.74) is 5.24. The quantitative estimate of drug-likeness (QED) is 0.555. The third kappa shape index (κ3) is 4.23.